The summed E-state index contributed by atoms with van der Waals surface area (Å²) in [4.78, 5) is 12.1. The molecule has 0 spiro atoms. The van der Waals surface area contributed by atoms with E-state index in [-0.39, 0.29) is 34.4 Å². The monoisotopic (exact) mass is 306 g/mol. The molecule has 0 saturated carbocycles. The van der Waals surface area contributed by atoms with Crippen LogP contribution in [-0.2, 0) is 0 Å². The van der Waals surface area contributed by atoms with E-state index < -0.39 is 5.82 Å². The molecule has 0 bridgehead atoms. The molecule has 0 atom stereocenters. The second kappa shape index (κ2) is 6.55. The third kappa shape index (κ3) is 3.81. The number of nitrogens with one attached hydrogen (secondary N) is 2. The van der Waals surface area contributed by atoms with Crippen molar-refractivity contribution in [2.75, 3.05) is 13.1 Å². The van der Waals surface area contributed by atoms with E-state index in [1.807, 2.05) is 6.92 Å². The largest absolute Gasteiger partial charge is 0.347 e. The van der Waals surface area contributed by atoms with Crippen molar-refractivity contribution in [3.8, 4) is 0 Å². The fourth-order valence-corrected chi connectivity index (χ4v) is 2.34. The van der Waals surface area contributed by atoms with E-state index in [1.165, 1.54) is 18.2 Å². The predicted octanol–water partition coefficient (Wildman–Crippen LogP) is 2.77. The van der Waals surface area contributed by atoms with Gasteiger partial charge in [0.15, 0.2) is 0 Å². The van der Waals surface area contributed by atoms with E-state index in [0.717, 1.165) is 25.9 Å². The van der Waals surface area contributed by atoms with Crippen molar-refractivity contribution in [2.24, 2.45) is 0 Å². The van der Waals surface area contributed by atoms with Crippen LogP contribution in [0, 0.1) is 5.82 Å². The van der Waals surface area contributed by atoms with Gasteiger partial charge in [-0.1, -0.05) is 17.7 Å². The number of piperidine rings is 1. The van der Waals surface area contributed by atoms with Crippen LogP contribution >= 0.6 is 24.0 Å². The molecule has 0 radical (unpaired) electrons. The Kier molecular flexibility index (Phi) is 5.59. The van der Waals surface area contributed by atoms with Crippen LogP contribution in [-0.4, -0.2) is 24.5 Å². The molecule has 0 aliphatic carbocycles. The Bertz CT molecular complexity index is 462. The molecule has 19 heavy (non-hydrogen) atoms. The number of carbonyl (C=O) groups excluding carboxylic acids is 1. The Labute approximate surface area is 123 Å². The first kappa shape index (κ1) is 16.2. The van der Waals surface area contributed by atoms with Crippen LogP contribution in [0.15, 0.2) is 18.2 Å². The molecule has 1 aliphatic rings. The maximum atomic E-state index is 13.3. The van der Waals surface area contributed by atoms with Gasteiger partial charge in [0.2, 0.25) is 0 Å². The molecule has 1 amide bonds. The summed E-state index contributed by atoms with van der Waals surface area (Å²) in [6, 6.07) is 4.26. The first-order chi connectivity index (χ1) is 8.52. The summed E-state index contributed by atoms with van der Waals surface area (Å²) in [6.45, 7) is 3.74. The molecule has 6 heteroatoms. The van der Waals surface area contributed by atoms with Crippen molar-refractivity contribution in [3.05, 3.63) is 34.6 Å². The fraction of sp³-hybridized carbons (Fsp3) is 0.462. The average Bonchev–Trinajstić information content (AvgIpc) is 2.33. The lowest BCUT2D eigenvalue weighted by Gasteiger charge is -2.35. The Morgan fingerprint density at radius 2 is 2.05 bits per heavy atom. The molecule has 2 N–H and O–H groups in total. The highest BCUT2D eigenvalue weighted by molar-refractivity contribution is 6.34. The lowest BCUT2D eigenvalue weighted by atomic mass is 9.90. The quantitative estimate of drug-likeness (QED) is 0.882. The summed E-state index contributed by atoms with van der Waals surface area (Å²) in [5.41, 5.74) is -0.0609. The first-order valence-corrected chi connectivity index (χ1v) is 6.37. The van der Waals surface area contributed by atoms with Gasteiger partial charge in [0, 0.05) is 5.54 Å². The number of benzene rings is 1. The molecule has 1 aromatic rings. The minimum Gasteiger partial charge on any atom is -0.347 e. The summed E-state index contributed by atoms with van der Waals surface area (Å²) >= 11 is 5.80. The van der Waals surface area contributed by atoms with Crippen LogP contribution in [0.4, 0.5) is 4.39 Å². The van der Waals surface area contributed by atoms with Crippen LogP contribution in [0.2, 0.25) is 5.02 Å². The van der Waals surface area contributed by atoms with Gasteiger partial charge < -0.3 is 10.6 Å². The van der Waals surface area contributed by atoms with Crippen LogP contribution in [0.25, 0.3) is 0 Å². The van der Waals surface area contributed by atoms with Gasteiger partial charge >= 0.3 is 0 Å². The van der Waals surface area contributed by atoms with Gasteiger partial charge in [-0.2, -0.15) is 0 Å². The highest BCUT2D eigenvalue weighted by atomic mass is 35.5. The summed E-state index contributed by atoms with van der Waals surface area (Å²) in [5, 5.41) is 6.07. The van der Waals surface area contributed by atoms with E-state index in [0.29, 0.717) is 0 Å². The molecule has 1 fully saturated rings. The molecule has 0 aromatic heterocycles. The standard InChI is InChI=1S/C13H16ClFN2O.ClH/c1-13(5-7-16-8-6-13)17-12(18)9-3-2-4-10(15)11(9)14;/h2-4,16H,5-8H2,1H3,(H,17,18);1H. The zero-order valence-electron chi connectivity index (χ0n) is 10.6. The van der Waals surface area contributed by atoms with E-state index in [1.54, 1.807) is 0 Å². The summed E-state index contributed by atoms with van der Waals surface area (Å²) in [6.07, 6.45) is 1.71. The molecule has 1 heterocycles. The molecule has 106 valence electrons. The topological polar surface area (TPSA) is 41.1 Å². The van der Waals surface area contributed by atoms with Crippen LogP contribution in [0.1, 0.15) is 30.1 Å². The number of halogens is 3. The second-order valence-corrected chi connectivity index (χ2v) is 5.24. The van der Waals surface area contributed by atoms with Crippen molar-refractivity contribution in [2.45, 2.75) is 25.3 Å². The number of rotatable bonds is 2. The Morgan fingerprint density at radius 3 is 2.68 bits per heavy atom. The molecular weight excluding hydrogens is 290 g/mol. The highest BCUT2D eigenvalue weighted by Gasteiger charge is 2.29. The van der Waals surface area contributed by atoms with Crippen LogP contribution in [0.5, 0.6) is 0 Å². The number of hydrogen-bond donors (Lipinski definition) is 2. The van der Waals surface area contributed by atoms with Crippen molar-refractivity contribution in [3.63, 3.8) is 0 Å². The zero-order chi connectivity index (χ0) is 13.2. The number of carbonyl (C=O) groups is 1. The minimum atomic E-state index is -0.570. The van der Waals surface area contributed by atoms with Crippen molar-refractivity contribution < 1.29 is 9.18 Å². The molecule has 2 rings (SSSR count). The molecule has 0 unspecified atom stereocenters. The van der Waals surface area contributed by atoms with Gasteiger partial charge in [-0.05, 0) is 45.0 Å². The van der Waals surface area contributed by atoms with E-state index >= 15 is 0 Å². The fourth-order valence-electron chi connectivity index (χ4n) is 2.12. The molecule has 1 aromatic carbocycles. The highest BCUT2D eigenvalue weighted by Crippen LogP contribution is 2.22. The molecule has 3 nitrogen and oxygen atoms in total. The van der Waals surface area contributed by atoms with Gasteiger partial charge in [-0.25, -0.2) is 4.39 Å². The van der Waals surface area contributed by atoms with E-state index in [2.05, 4.69) is 10.6 Å². The van der Waals surface area contributed by atoms with Crippen LogP contribution in [0.3, 0.4) is 0 Å². The van der Waals surface area contributed by atoms with Crippen LogP contribution < -0.4 is 10.6 Å². The minimum absolute atomic E-state index is 0. The normalized spacial score (nSPS) is 17.4. The van der Waals surface area contributed by atoms with Gasteiger partial charge in [-0.3, -0.25) is 4.79 Å². The first-order valence-electron chi connectivity index (χ1n) is 5.99. The summed E-state index contributed by atoms with van der Waals surface area (Å²) < 4.78 is 13.3. The maximum absolute atomic E-state index is 13.3. The zero-order valence-corrected chi connectivity index (χ0v) is 12.2. The number of hydrogen-bond acceptors (Lipinski definition) is 2. The third-order valence-electron chi connectivity index (χ3n) is 3.32. The Hall–Kier alpha value is -0.840. The molecule has 1 saturated heterocycles. The lowest BCUT2D eigenvalue weighted by Crippen LogP contribution is -2.52. The van der Waals surface area contributed by atoms with Crippen molar-refractivity contribution in [1.82, 2.24) is 10.6 Å². The molecular formula is C13H17Cl2FN2O. The smallest absolute Gasteiger partial charge is 0.253 e. The second-order valence-electron chi connectivity index (χ2n) is 4.87. The Morgan fingerprint density at radius 1 is 1.42 bits per heavy atom. The summed E-state index contributed by atoms with van der Waals surface area (Å²) in [5.74, 6) is -0.885. The Balaban J connectivity index is 0.00000180. The van der Waals surface area contributed by atoms with E-state index in [4.69, 9.17) is 11.6 Å². The average molecular weight is 307 g/mol. The lowest BCUT2D eigenvalue weighted by molar-refractivity contribution is 0.0887. The SMILES string of the molecule is CC1(NC(=O)c2cccc(F)c2Cl)CCNCC1.Cl. The molecule has 1 aliphatic heterocycles. The van der Waals surface area contributed by atoms with Crippen molar-refractivity contribution in [1.29, 1.82) is 0 Å². The van der Waals surface area contributed by atoms with Gasteiger partial charge in [0.25, 0.3) is 5.91 Å². The van der Waals surface area contributed by atoms with Gasteiger partial charge in [-0.15, -0.1) is 12.4 Å². The maximum Gasteiger partial charge on any atom is 0.253 e. The third-order valence-corrected chi connectivity index (χ3v) is 3.70. The van der Waals surface area contributed by atoms with E-state index in [9.17, 15) is 9.18 Å². The number of amides is 1. The van der Waals surface area contributed by atoms with Gasteiger partial charge in [0.05, 0.1) is 10.6 Å². The van der Waals surface area contributed by atoms with Gasteiger partial charge in [0.1, 0.15) is 5.82 Å². The van der Waals surface area contributed by atoms with Crippen molar-refractivity contribution >= 4 is 29.9 Å². The summed E-state index contributed by atoms with van der Waals surface area (Å²) in [7, 11) is 0. The predicted molar refractivity (Wildman–Crippen MR) is 76.6 cm³/mol.